The molecular weight excluding hydrogens is 176 g/mol. The predicted molar refractivity (Wildman–Crippen MR) is 48.1 cm³/mol. The van der Waals surface area contributed by atoms with Crippen LogP contribution in [0.1, 0.15) is 11.6 Å². The highest BCUT2D eigenvalue weighted by Gasteiger charge is 2.11. The van der Waals surface area contributed by atoms with Crippen LogP contribution in [-0.2, 0) is 0 Å². The number of hydrogen-bond donors (Lipinski definition) is 1. The molecule has 0 saturated heterocycles. The van der Waals surface area contributed by atoms with Gasteiger partial charge in [-0.2, -0.15) is 0 Å². The minimum Gasteiger partial charge on any atom is -0.321 e. The zero-order chi connectivity index (χ0) is 9.14. The second kappa shape index (κ2) is 3.46. The van der Waals surface area contributed by atoms with Gasteiger partial charge in [-0.05, 0) is 5.56 Å². The van der Waals surface area contributed by atoms with Gasteiger partial charge in [0.1, 0.15) is 0 Å². The molecule has 1 heterocycles. The normalized spacial score (nSPS) is 12.4. The van der Waals surface area contributed by atoms with Gasteiger partial charge in [0.2, 0.25) is 0 Å². The van der Waals surface area contributed by atoms with Crippen LogP contribution in [0.2, 0.25) is 0 Å². The van der Waals surface area contributed by atoms with E-state index in [4.69, 9.17) is 5.73 Å². The molecular formula is C7H8N2O2S. The Morgan fingerprint density at radius 1 is 1.83 bits per heavy atom. The molecule has 0 radical (unpaired) electrons. The van der Waals surface area contributed by atoms with E-state index in [9.17, 15) is 10.1 Å². The van der Waals surface area contributed by atoms with Crippen LogP contribution in [0.25, 0.3) is 0 Å². The molecule has 0 unspecified atom stereocenters. The molecule has 1 atom stereocenters. The summed E-state index contributed by atoms with van der Waals surface area (Å²) in [5.74, 6) is 0. The van der Waals surface area contributed by atoms with Crippen LogP contribution in [0.4, 0.5) is 5.00 Å². The Kier molecular flexibility index (Phi) is 2.57. The maximum Gasteiger partial charge on any atom is 0.324 e. The number of rotatable bonds is 3. The maximum atomic E-state index is 10.3. The molecule has 0 aliphatic rings. The second-order valence-corrected chi connectivity index (χ2v) is 3.13. The summed E-state index contributed by atoms with van der Waals surface area (Å²) in [5, 5.41) is 12.1. The molecule has 4 nitrogen and oxygen atoms in total. The van der Waals surface area contributed by atoms with Gasteiger partial charge in [-0.3, -0.25) is 10.1 Å². The van der Waals surface area contributed by atoms with Crippen molar-refractivity contribution in [2.45, 2.75) is 6.04 Å². The van der Waals surface area contributed by atoms with E-state index >= 15 is 0 Å². The number of nitrogens with two attached hydrogens (primary N) is 1. The quantitative estimate of drug-likeness (QED) is 0.442. The molecule has 0 spiro atoms. The lowest BCUT2D eigenvalue weighted by Gasteiger charge is -1.99. The highest BCUT2D eigenvalue weighted by Crippen LogP contribution is 2.25. The zero-order valence-corrected chi connectivity index (χ0v) is 7.08. The molecule has 0 amide bonds. The van der Waals surface area contributed by atoms with Gasteiger partial charge in [-0.1, -0.05) is 17.4 Å². The third-order valence-electron chi connectivity index (χ3n) is 1.42. The van der Waals surface area contributed by atoms with Gasteiger partial charge in [0.05, 0.1) is 4.92 Å². The minimum atomic E-state index is -0.427. The third-order valence-corrected chi connectivity index (χ3v) is 2.32. The van der Waals surface area contributed by atoms with Gasteiger partial charge >= 0.3 is 5.00 Å². The van der Waals surface area contributed by atoms with Gasteiger partial charge < -0.3 is 5.73 Å². The first-order chi connectivity index (χ1) is 5.65. The van der Waals surface area contributed by atoms with E-state index in [1.165, 1.54) is 6.07 Å². The molecule has 1 aromatic rings. The van der Waals surface area contributed by atoms with E-state index in [1.807, 2.05) is 0 Å². The lowest BCUT2D eigenvalue weighted by Crippen LogP contribution is -2.04. The van der Waals surface area contributed by atoms with Crippen molar-refractivity contribution >= 4 is 16.3 Å². The Hall–Kier alpha value is -1.20. The summed E-state index contributed by atoms with van der Waals surface area (Å²) in [5.41, 5.74) is 6.31. The standard InChI is InChI=1S/C7H8N2O2S/c1-2-6(8)5-3-7(9(10)11)12-4-5/h2-4,6H,1,8H2/t6-/m0/s1. The summed E-state index contributed by atoms with van der Waals surface area (Å²) in [6.07, 6.45) is 1.55. The number of nitrogens with zero attached hydrogens (tertiary/aromatic N) is 1. The SMILES string of the molecule is C=C[C@H](N)c1csc([N+](=O)[O-])c1. The maximum absolute atomic E-state index is 10.3. The summed E-state index contributed by atoms with van der Waals surface area (Å²) in [6, 6.07) is 1.16. The van der Waals surface area contributed by atoms with E-state index in [0.717, 1.165) is 16.9 Å². The van der Waals surface area contributed by atoms with Crippen LogP contribution in [0.3, 0.4) is 0 Å². The highest BCUT2D eigenvalue weighted by molar-refractivity contribution is 7.13. The largest absolute Gasteiger partial charge is 0.324 e. The van der Waals surface area contributed by atoms with Gasteiger partial charge in [0.25, 0.3) is 0 Å². The molecule has 0 fully saturated rings. The number of thiophene rings is 1. The molecule has 0 saturated carbocycles. The average Bonchev–Trinajstić information content (AvgIpc) is 2.51. The Labute approximate surface area is 73.5 Å². The topological polar surface area (TPSA) is 69.2 Å². The summed E-state index contributed by atoms with van der Waals surface area (Å²) < 4.78 is 0. The van der Waals surface area contributed by atoms with E-state index in [1.54, 1.807) is 11.5 Å². The van der Waals surface area contributed by atoms with Gasteiger partial charge in [-0.25, -0.2) is 0 Å². The molecule has 1 aromatic heterocycles. The molecule has 0 bridgehead atoms. The van der Waals surface area contributed by atoms with Crippen LogP contribution in [-0.4, -0.2) is 4.92 Å². The van der Waals surface area contributed by atoms with Crippen LogP contribution < -0.4 is 5.73 Å². The van der Waals surface area contributed by atoms with Crippen LogP contribution >= 0.6 is 11.3 Å². The summed E-state index contributed by atoms with van der Waals surface area (Å²) in [6.45, 7) is 3.50. The Balaban J connectivity index is 2.91. The Morgan fingerprint density at radius 2 is 2.50 bits per heavy atom. The van der Waals surface area contributed by atoms with Gasteiger partial charge in [0, 0.05) is 17.5 Å². The molecule has 0 aromatic carbocycles. The first kappa shape index (κ1) is 8.89. The smallest absolute Gasteiger partial charge is 0.321 e. The van der Waals surface area contributed by atoms with Gasteiger partial charge in [0.15, 0.2) is 0 Å². The molecule has 1 rings (SSSR count). The molecule has 12 heavy (non-hydrogen) atoms. The highest BCUT2D eigenvalue weighted by atomic mass is 32.1. The van der Waals surface area contributed by atoms with Crippen LogP contribution in [0.15, 0.2) is 24.1 Å². The second-order valence-electron chi connectivity index (χ2n) is 2.24. The monoisotopic (exact) mass is 184 g/mol. The van der Waals surface area contributed by atoms with Gasteiger partial charge in [-0.15, -0.1) is 6.58 Å². The van der Waals surface area contributed by atoms with Crippen molar-refractivity contribution in [1.29, 1.82) is 0 Å². The zero-order valence-electron chi connectivity index (χ0n) is 6.27. The molecule has 2 N–H and O–H groups in total. The van der Waals surface area contributed by atoms with Crippen molar-refractivity contribution in [2.75, 3.05) is 0 Å². The fourth-order valence-electron chi connectivity index (χ4n) is 0.746. The molecule has 64 valence electrons. The fraction of sp³-hybridized carbons (Fsp3) is 0.143. The van der Waals surface area contributed by atoms with Crippen molar-refractivity contribution in [3.8, 4) is 0 Å². The van der Waals surface area contributed by atoms with Crippen molar-refractivity contribution in [2.24, 2.45) is 5.73 Å². The van der Waals surface area contributed by atoms with Crippen molar-refractivity contribution in [3.05, 3.63) is 39.8 Å². The van der Waals surface area contributed by atoms with Crippen LogP contribution in [0, 0.1) is 10.1 Å². The predicted octanol–water partition coefficient (Wildman–Crippen LogP) is 1.84. The van der Waals surface area contributed by atoms with Crippen molar-refractivity contribution in [3.63, 3.8) is 0 Å². The summed E-state index contributed by atoms with van der Waals surface area (Å²) >= 11 is 1.07. The minimum absolute atomic E-state index is 0.113. The van der Waals surface area contributed by atoms with Crippen molar-refractivity contribution < 1.29 is 4.92 Å². The first-order valence-corrected chi connectivity index (χ1v) is 4.14. The summed E-state index contributed by atoms with van der Waals surface area (Å²) in [4.78, 5) is 9.85. The first-order valence-electron chi connectivity index (χ1n) is 3.26. The lowest BCUT2D eigenvalue weighted by molar-refractivity contribution is -0.380. The van der Waals surface area contributed by atoms with Crippen LogP contribution in [0.5, 0.6) is 0 Å². The van der Waals surface area contributed by atoms with E-state index < -0.39 is 4.92 Å². The lowest BCUT2D eigenvalue weighted by atomic mass is 10.2. The van der Waals surface area contributed by atoms with E-state index in [-0.39, 0.29) is 11.0 Å². The third kappa shape index (κ3) is 1.69. The Morgan fingerprint density at radius 3 is 2.92 bits per heavy atom. The fourth-order valence-corrected chi connectivity index (χ4v) is 1.52. The molecule has 0 aliphatic heterocycles. The summed E-state index contributed by atoms with van der Waals surface area (Å²) in [7, 11) is 0. The average molecular weight is 184 g/mol. The van der Waals surface area contributed by atoms with E-state index in [2.05, 4.69) is 6.58 Å². The number of nitro groups is 1. The van der Waals surface area contributed by atoms with Crippen molar-refractivity contribution in [1.82, 2.24) is 0 Å². The van der Waals surface area contributed by atoms with E-state index in [0.29, 0.717) is 0 Å². The molecule has 5 heteroatoms. The number of hydrogen-bond acceptors (Lipinski definition) is 4. The Bertz CT molecular complexity index is 308. The molecule has 0 aliphatic carbocycles.